The number of amides is 2. The van der Waals surface area contributed by atoms with Crippen molar-refractivity contribution in [2.24, 2.45) is 0 Å². The highest BCUT2D eigenvalue weighted by atomic mass is 16.5. The number of morpholine rings is 2. The first-order chi connectivity index (χ1) is 31.8. The van der Waals surface area contributed by atoms with Crippen molar-refractivity contribution in [2.75, 3.05) is 89.8 Å². The van der Waals surface area contributed by atoms with Crippen LogP contribution in [0.5, 0.6) is 0 Å². The first-order valence-corrected chi connectivity index (χ1v) is 22.9. The molecule has 0 spiro atoms. The van der Waals surface area contributed by atoms with Crippen LogP contribution in [0.1, 0.15) is 43.0 Å². The summed E-state index contributed by atoms with van der Waals surface area (Å²) in [5.74, 6) is 1.56. The normalized spacial score (nSPS) is 18.2. The summed E-state index contributed by atoms with van der Waals surface area (Å²) in [4.78, 5) is 39.3. The maximum absolute atomic E-state index is 11.9. The fraction of sp³-hybridized carbons (Fsp3) is 0.353. The van der Waals surface area contributed by atoms with Crippen molar-refractivity contribution < 1.29 is 14.3 Å². The summed E-state index contributed by atoms with van der Waals surface area (Å²) >= 11 is 0. The van der Waals surface area contributed by atoms with Crippen molar-refractivity contribution in [3.05, 3.63) is 132 Å². The molecule has 0 radical (unpaired) electrons. The number of nitrogen functional groups attached to an aromatic ring is 1. The molecule has 2 aromatic heterocycles. The van der Waals surface area contributed by atoms with Gasteiger partial charge in [0.25, 0.3) is 0 Å². The highest BCUT2D eigenvalue weighted by molar-refractivity contribution is 5.89. The molecule has 6 aromatic rings. The molecule has 14 nitrogen and oxygen atoms in total. The second-order valence-electron chi connectivity index (χ2n) is 17.1. The number of aromatic nitrogens is 4. The molecular weight excluding hydrogens is 815 g/mol. The van der Waals surface area contributed by atoms with E-state index in [0.29, 0.717) is 18.6 Å². The van der Waals surface area contributed by atoms with Gasteiger partial charge in [-0.2, -0.15) is 0 Å². The third-order valence-corrected chi connectivity index (χ3v) is 12.7. The van der Waals surface area contributed by atoms with Gasteiger partial charge >= 0.3 is 6.03 Å². The number of fused-ring (bicyclic) bond motifs is 2. The van der Waals surface area contributed by atoms with E-state index in [0.717, 1.165) is 113 Å². The van der Waals surface area contributed by atoms with Crippen LogP contribution in [0.25, 0.3) is 22.3 Å². The lowest BCUT2D eigenvalue weighted by atomic mass is 9.91. The van der Waals surface area contributed by atoms with Gasteiger partial charge in [0.15, 0.2) is 0 Å². The minimum Gasteiger partial charge on any atom is -0.399 e. The summed E-state index contributed by atoms with van der Waals surface area (Å²) in [5, 5.41) is 5.63. The van der Waals surface area contributed by atoms with Gasteiger partial charge in [0.05, 0.1) is 26.4 Å². The van der Waals surface area contributed by atoms with Gasteiger partial charge in [0.1, 0.15) is 0 Å². The van der Waals surface area contributed by atoms with E-state index in [2.05, 4.69) is 113 Å². The molecule has 0 bridgehead atoms. The third kappa shape index (κ3) is 9.98. The maximum Gasteiger partial charge on any atom is 0.319 e. The summed E-state index contributed by atoms with van der Waals surface area (Å²) in [7, 11) is 0. The molecule has 0 saturated carbocycles. The van der Waals surface area contributed by atoms with E-state index in [9.17, 15) is 4.79 Å². The zero-order valence-electron chi connectivity index (χ0n) is 37.6. The summed E-state index contributed by atoms with van der Waals surface area (Å²) in [6, 6.07) is 29.7. The summed E-state index contributed by atoms with van der Waals surface area (Å²) in [5.41, 5.74) is 20.3. The molecule has 2 fully saturated rings. The van der Waals surface area contributed by atoms with E-state index < -0.39 is 0 Å². The van der Waals surface area contributed by atoms with Crippen LogP contribution in [-0.2, 0) is 35.4 Å². The van der Waals surface area contributed by atoms with Crippen molar-refractivity contribution in [3.63, 3.8) is 0 Å². The topological polar surface area (TPSA) is 150 Å². The van der Waals surface area contributed by atoms with Gasteiger partial charge in [-0.25, -0.2) is 24.7 Å². The Labute approximate surface area is 381 Å². The van der Waals surface area contributed by atoms with E-state index in [1.807, 2.05) is 55.7 Å². The Morgan fingerprint density at radius 1 is 0.646 bits per heavy atom. The van der Waals surface area contributed by atoms with Crippen molar-refractivity contribution in [1.82, 2.24) is 25.3 Å². The number of anilines is 6. The molecule has 2 saturated heterocycles. The second kappa shape index (κ2) is 20.0. The number of ether oxygens (including phenoxy) is 2. The van der Waals surface area contributed by atoms with Crippen molar-refractivity contribution in [2.45, 2.75) is 58.8 Å². The second-order valence-corrected chi connectivity index (χ2v) is 17.1. The van der Waals surface area contributed by atoms with E-state index >= 15 is 0 Å². The Bertz CT molecular complexity index is 2540. The lowest BCUT2D eigenvalue weighted by Crippen LogP contribution is -2.45. The average molecular weight is 874 g/mol. The maximum atomic E-state index is 11.9. The van der Waals surface area contributed by atoms with Crippen LogP contribution in [0.3, 0.4) is 0 Å². The van der Waals surface area contributed by atoms with E-state index in [4.69, 9.17) is 15.2 Å². The highest BCUT2D eigenvalue weighted by Crippen LogP contribution is 2.39. The SMILES string of the molecule is CCNC(=O)Nc1ccc(-c2cc3c(c(N4CCOC[C@@H]4C)c2)CCN(c2ncccn2)C3)cc1.C[C@H]1COCCN1c1cc(-c2ccc(N)cc2)cc2c1CCN(c1ncccn1)C2. The molecule has 4 aliphatic heterocycles. The summed E-state index contributed by atoms with van der Waals surface area (Å²) in [6.07, 6.45) is 9.14. The Morgan fingerprint density at radius 2 is 1.11 bits per heavy atom. The van der Waals surface area contributed by atoms with Gasteiger partial charge in [-0.15, -0.1) is 0 Å². The van der Waals surface area contributed by atoms with Crippen LogP contribution in [0.4, 0.5) is 39.4 Å². The number of nitrogens with zero attached hydrogens (tertiary/aromatic N) is 8. The highest BCUT2D eigenvalue weighted by Gasteiger charge is 2.29. The molecule has 4 aliphatic rings. The van der Waals surface area contributed by atoms with Gasteiger partial charge in [-0.3, -0.25) is 0 Å². The summed E-state index contributed by atoms with van der Waals surface area (Å²) in [6.45, 7) is 15.2. The first-order valence-electron chi connectivity index (χ1n) is 22.9. The van der Waals surface area contributed by atoms with Crippen LogP contribution >= 0.6 is 0 Å². The molecule has 336 valence electrons. The molecule has 2 atom stereocenters. The van der Waals surface area contributed by atoms with Crippen LogP contribution < -0.4 is 36.0 Å². The number of urea groups is 1. The molecule has 10 rings (SSSR count). The molecule has 2 amide bonds. The van der Waals surface area contributed by atoms with Crippen LogP contribution in [0.15, 0.2) is 110 Å². The molecule has 0 unspecified atom stereocenters. The number of carbonyl (C=O) groups is 1. The van der Waals surface area contributed by atoms with Crippen molar-refractivity contribution in [1.29, 1.82) is 0 Å². The zero-order valence-corrected chi connectivity index (χ0v) is 37.6. The fourth-order valence-electron chi connectivity index (χ4n) is 9.38. The van der Waals surface area contributed by atoms with E-state index in [1.54, 1.807) is 12.4 Å². The molecular formula is C51H59N11O3. The smallest absolute Gasteiger partial charge is 0.319 e. The third-order valence-electron chi connectivity index (χ3n) is 12.7. The Kier molecular flexibility index (Phi) is 13.3. The van der Waals surface area contributed by atoms with Gasteiger partial charge < -0.3 is 45.4 Å². The molecule has 0 aliphatic carbocycles. The minimum absolute atomic E-state index is 0.194. The van der Waals surface area contributed by atoms with Gasteiger partial charge in [0, 0.05) is 105 Å². The first kappa shape index (κ1) is 43.5. The standard InChI is InChI=1S/C27H32N6O2.C24H27N5O/c1-3-28-27(34)31-23-7-5-20(6-8-23)21-15-22-17-32(26-29-10-4-11-30-26)12-9-24(22)25(16-21)33-13-14-35-18-19(33)2;1-17-16-30-12-11-29(17)23-14-19(18-3-5-21(25)6-4-18)13-20-15-28(10-7-22(20)23)24-26-8-2-9-27-24/h4-8,10-11,15-16,19H,3,9,12-14,17-18H2,1-2H3,(H2,28,31,34);2-6,8-9,13-14,17H,7,10-12,15-16,25H2,1H3/t19-;17-/m00/s1. The molecule has 6 heterocycles. The number of hydrogen-bond acceptors (Lipinski definition) is 12. The fourth-order valence-corrected chi connectivity index (χ4v) is 9.38. The number of carbonyl (C=O) groups excluding carboxylic acids is 1. The molecule has 4 aromatic carbocycles. The van der Waals surface area contributed by atoms with Crippen LogP contribution in [-0.4, -0.2) is 97.2 Å². The largest absolute Gasteiger partial charge is 0.399 e. The van der Waals surface area contributed by atoms with Crippen molar-refractivity contribution >= 4 is 40.7 Å². The van der Waals surface area contributed by atoms with Gasteiger partial charge in [0.2, 0.25) is 11.9 Å². The minimum atomic E-state index is -0.194. The quantitative estimate of drug-likeness (QED) is 0.129. The number of nitrogens with two attached hydrogens (primary N) is 1. The Hall–Kier alpha value is -6.77. The number of benzene rings is 4. The predicted octanol–water partition coefficient (Wildman–Crippen LogP) is 7.59. The lowest BCUT2D eigenvalue weighted by molar-refractivity contribution is 0.0988. The monoisotopic (exact) mass is 873 g/mol. The van der Waals surface area contributed by atoms with E-state index in [1.165, 1.54) is 44.8 Å². The molecule has 4 N–H and O–H groups in total. The molecule has 14 heteroatoms. The number of hydrogen-bond donors (Lipinski definition) is 3. The Morgan fingerprint density at radius 3 is 1.55 bits per heavy atom. The van der Waals surface area contributed by atoms with Gasteiger partial charge in [-0.1, -0.05) is 24.3 Å². The summed E-state index contributed by atoms with van der Waals surface area (Å²) < 4.78 is 11.4. The number of rotatable bonds is 8. The van der Waals surface area contributed by atoms with Gasteiger partial charge in [-0.05, 0) is 139 Å². The zero-order chi connectivity index (χ0) is 44.7. The number of nitrogens with one attached hydrogen (secondary N) is 2. The van der Waals surface area contributed by atoms with E-state index in [-0.39, 0.29) is 6.03 Å². The Balaban J connectivity index is 0.000000166. The average Bonchev–Trinajstić information content (AvgIpc) is 3.34. The van der Waals surface area contributed by atoms with Crippen molar-refractivity contribution in [3.8, 4) is 22.3 Å². The van der Waals surface area contributed by atoms with Crippen LogP contribution in [0.2, 0.25) is 0 Å². The van der Waals surface area contributed by atoms with Crippen LogP contribution in [0, 0.1) is 0 Å². The lowest BCUT2D eigenvalue weighted by Gasteiger charge is -2.39. The predicted molar refractivity (Wildman–Crippen MR) is 260 cm³/mol. The molecule has 65 heavy (non-hydrogen) atoms.